The van der Waals surface area contributed by atoms with Gasteiger partial charge in [0.15, 0.2) is 0 Å². The summed E-state index contributed by atoms with van der Waals surface area (Å²) >= 11 is 0. The van der Waals surface area contributed by atoms with E-state index in [0.29, 0.717) is 5.92 Å². The number of aromatic nitrogens is 2. The smallest absolute Gasteiger partial charge is 0.252 e. The van der Waals surface area contributed by atoms with Crippen LogP contribution >= 0.6 is 0 Å². The molecule has 2 rings (SSSR count). The van der Waals surface area contributed by atoms with Crippen molar-refractivity contribution in [2.24, 2.45) is 11.7 Å². The molecule has 5 nitrogen and oxygen atoms in total. The Morgan fingerprint density at radius 2 is 2.47 bits per heavy atom. The number of aryl methyl sites for hydroxylation is 1. The van der Waals surface area contributed by atoms with Gasteiger partial charge in [0.05, 0.1) is 0 Å². The van der Waals surface area contributed by atoms with E-state index >= 15 is 0 Å². The van der Waals surface area contributed by atoms with Gasteiger partial charge in [-0.2, -0.15) is 0 Å². The Morgan fingerprint density at radius 3 is 3.06 bits per heavy atom. The Kier molecular flexibility index (Phi) is 3.47. The first-order valence-corrected chi connectivity index (χ1v) is 6.21. The van der Waals surface area contributed by atoms with Crippen molar-refractivity contribution in [3.63, 3.8) is 0 Å². The van der Waals surface area contributed by atoms with Gasteiger partial charge in [-0.05, 0) is 19.3 Å². The van der Waals surface area contributed by atoms with Crippen molar-refractivity contribution in [3.8, 4) is 0 Å². The molecule has 17 heavy (non-hydrogen) atoms. The minimum atomic E-state index is -0.0731. The van der Waals surface area contributed by atoms with Crippen LogP contribution in [-0.4, -0.2) is 29.1 Å². The highest BCUT2D eigenvalue weighted by Crippen LogP contribution is 2.22. The number of nitrogens with zero attached hydrogens (tertiary/aromatic N) is 2. The van der Waals surface area contributed by atoms with Crippen LogP contribution in [0.2, 0.25) is 0 Å². The third-order valence-corrected chi connectivity index (χ3v) is 3.40. The highest BCUT2D eigenvalue weighted by molar-refractivity contribution is 5.39. The van der Waals surface area contributed by atoms with Gasteiger partial charge < -0.3 is 15.6 Å². The Bertz CT molecular complexity index is 440. The quantitative estimate of drug-likeness (QED) is 0.801. The van der Waals surface area contributed by atoms with E-state index in [-0.39, 0.29) is 11.6 Å². The van der Waals surface area contributed by atoms with E-state index in [9.17, 15) is 4.79 Å². The van der Waals surface area contributed by atoms with Crippen molar-refractivity contribution < 1.29 is 0 Å². The highest BCUT2D eigenvalue weighted by Gasteiger charge is 2.26. The molecule has 1 fully saturated rings. The molecule has 94 valence electrons. The molecule has 1 aromatic heterocycles. The molecule has 0 amide bonds. The standard InChI is InChI=1S/C12H20N4O/c1-3-10-14-11(6-12(17)15-10)16-5-4-9(7-16)8(2)13/h6,8-9H,3-5,7,13H2,1-2H3,(H,14,15,17). The Labute approximate surface area is 101 Å². The summed E-state index contributed by atoms with van der Waals surface area (Å²) in [6.45, 7) is 5.86. The molecule has 2 unspecified atom stereocenters. The molecule has 0 radical (unpaired) electrons. The average Bonchev–Trinajstić information content (AvgIpc) is 2.77. The maximum Gasteiger partial charge on any atom is 0.252 e. The third-order valence-electron chi connectivity index (χ3n) is 3.40. The minimum absolute atomic E-state index is 0.0731. The maximum atomic E-state index is 11.5. The average molecular weight is 236 g/mol. The van der Waals surface area contributed by atoms with E-state index < -0.39 is 0 Å². The summed E-state index contributed by atoms with van der Waals surface area (Å²) in [5, 5.41) is 0. The van der Waals surface area contributed by atoms with Crippen LogP contribution in [-0.2, 0) is 6.42 Å². The number of hydrogen-bond donors (Lipinski definition) is 2. The lowest BCUT2D eigenvalue weighted by atomic mass is 10.0. The summed E-state index contributed by atoms with van der Waals surface area (Å²) in [5.74, 6) is 2.03. The predicted octanol–water partition coefficient (Wildman–Crippen LogP) is 0.506. The van der Waals surface area contributed by atoms with E-state index in [1.54, 1.807) is 6.07 Å². The topological polar surface area (TPSA) is 75.0 Å². The van der Waals surface area contributed by atoms with E-state index in [0.717, 1.165) is 37.6 Å². The number of anilines is 1. The fourth-order valence-corrected chi connectivity index (χ4v) is 2.25. The number of nitrogens with one attached hydrogen (secondary N) is 1. The van der Waals surface area contributed by atoms with Crippen molar-refractivity contribution >= 4 is 5.82 Å². The zero-order valence-corrected chi connectivity index (χ0v) is 10.4. The first-order chi connectivity index (χ1) is 8.10. The van der Waals surface area contributed by atoms with Crippen molar-refractivity contribution in [1.82, 2.24) is 9.97 Å². The summed E-state index contributed by atoms with van der Waals surface area (Å²) in [5.41, 5.74) is 5.84. The highest BCUT2D eigenvalue weighted by atomic mass is 16.1. The molecule has 5 heteroatoms. The van der Waals surface area contributed by atoms with Gasteiger partial charge in [0, 0.05) is 31.6 Å². The summed E-state index contributed by atoms with van der Waals surface area (Å²) in [4.78, 5) is 20.8. The molecule has 0 bridgehead atoms. The largest absolute Gasteiger partial charge is 0.356 e. The molecule has 2 heterocycles. The van der Waals surface area contributed by atoms with E-state index in [4.69, 9.17) is 5.73 Å². The lowest BCUT2D eigenvalue weighted by Gasteiger charge is -2.19. The molecule has 1 saturated heterocycles. The van der Waals surface area contributed by atoms with E-state index in [1.807, 2.05) is 13.8 Å². The van der Waals surface area contributed by atoms with Crippen LogP contribution < -0.4 is 16.2 Å². The van der Waals surface area contributed by atoms with Gasteiger partial charge in [-0.15, -0.1) is 0 Å². The van der Waals surface area contributed by atoms with Gasteiger partial charge in [-0.1, -0.05) is 6.92 Å². The molecule has 3 N–H and O–H groups in total. The molecule has 0 saturated carbocycles. The SMILES string of the molecule is CCc1nc(N2CCC(C(C)N)C2)cc(=O)[nH]1. The Hall–Kier alpha value is -1.36. The van der Waals surface area contributed by atoms with Gasteiger partial charge in [0.2, 0.25) is 0 Å². The van der Waals surface area contributed by atoms with Gasteiger partial charge in [-0.25, -0.2) is 4.98 Å². The van der Waals surface area contributed by atoms with E-state index in [2.05, 4.69) is 14.9 Å². The Morgan fingerprint density at radius 1 is 1.71 bits per heavy atom. The molecule has 0 aliphatic carbocycles. The van der Waals surface area contributed by atoms with Crippen molar-refractivity contribution in [1.29, 1.82) is 0 Å². The molecule has 0 aromatic carbocycles. The van der Waals surface area contributed by atoms with Crippen LogP contribution in [0.25, 0.3) is 0 Å². The maximum absolute atomic E-state index is 11.5. The molecule has 1 aromatic rings. The van der Waals surface area contributed by atoms with Crippen LogP contribution in [0.15, 0.2) is 10.9 Å². The Balaban J connectivity index is 2.18. The second-order valence-corrected chi connectivity index (χ2v) is 4.76. The normalized spacial score (nSPS) is 21.8. The fourth-order valence-electron chi connectivity index (χ4n) is 2.25. The van der Waals surface area contributed by atoms with Gasteiger partial charge >= 0.3 is 0 Å². The predicted molar refractivity (Wildman–Crippen MR) is 68.2 cm³/mol. The number of rotatable bonds is 3. The van der Waals surface area contributed by atoms with Crippen molar-refractivity contribution in [2.75, 3.05) is 18.0 Å². The molecule has 1 aliphatic rings. The molecular weight excluding hydrogens is 216 g/mol. The number of aromatic amines is 1. The second-order valence-electron chi connectivity index (χ2n) is 4.76. The summed E-state index contributed by atoms with van der Waals surface area (Å²) < 4.78 is 0. The zero-order chi connectivity index (χ0) is 12.4. The number of H-pyrrole nitrogens is 1. The first-order valence-electron chi connectivity index (χ1n) is 6.21. The van der Waals surface area contributed by atoms with Crippen molar-refractivity contribution in [2.45, 2.75) is 32.7 Å². The van der Waals surface area contributed by atoms with Gasteiger partial charge in [0.25, 0.3) is 5.56 Å². The monoisotopic (exact) mass is 236 g/mol. The first kappa shape index (κ1) is 12.1. The molecule has 1 aliphatic heterocycles. The zero-order valence-electron chi connectivity index (χ0n) is 10.4. The van der Waals surface area contributed by atoms with Crippen LogP contribution in [0, 0.1) is 5.92 Å². The van der Waals surface area contributed by atoms with Gasteiger partial charge in [-0.3, -0.25) is 4.79 Å². The van der Waals surface area contributed by atoms with Crippen molar-refractivity contribution in [3.05, 3.63) is 22.2 Å². The minimum Gasteiger partial charge on any atom is -0.356 e. The van der Waals surface area contributed by atoms with Crippen LogP contribution in [0.4, 0.5) is 5.82 Å². The van der Waals surface area contributed by atoms with E-state index in [1.165, 1.54) is 0 Å². The molecule has 2 atom stereocenters. The summed E-state index contributed by atoms with van der Waals surface area (Å²) in [6.07, 6.45) is 1.82. The van der Waals surface area contributed by atoms with Crippen LogP contribution in [0.5, 0.6) is 0 Å². The fraction of sp³-hybridized carbons (Fsp3) is 0.667. The second kappa shape index (κ2) is 4.87. The summed E-state index contributed by atoms with van der Waals surface area (Å²) in [7, 11) is 0. The lowest BCUT2D eigenvalue weighted by molar-refractivity contribution is 0.488. The summed E-state index contributed by atoms with van der Waals surface area (Å²) in [6, 6.07) is 1.77. The lowest BCUT2D eigenvalue weighted by Crippen LogP contribution is -2.30. The molecule has 0 spiro atoms. The number of hydrogen-bond acceptors (Lipinski definition) is 4. The van der Waals surface area contributed by atoms with Crippen LogP contribution in [0.3, 0.4) is 0 Å². The third kappa shape index (κ3) is 2.66. The number of nitrogens with two attached hydrogens (primary N) is 1. The van der Waals surface area contributed by atoms with Gasteiger partial charge in [0.1, 0.15) is 11.6 Å². The molecular formula is C12H20N4O. The van der Waals surface area contributed by atoms with Crippen LogP contribution in [0.1, 0.15) is 26.1 Å².